The van der Waals surface area contributed by atoms with Crippen molar-refractivity contribution in [1.82, 2.24) is 0 Å². The standard InChI is InChI=1S/C30H41F/c1-2-3-4-21-5-6-27-18-25(12-11-24(27)17-21)22-7-9-23(10-8-22)26-13-14-29-20-30(31)16-15-28(29)19-26/h13-16,19-25,27H,2-12,17-18H2,1H3. The van der Waals surface area contributed by atoms with Gasteiger partial charge >= 0.3 is 0 Å². The van der Waals surface area contributed by atoms with E-state index in [1.807, 2.05) is 6.07 Å². The molecule has 31 heavy (non-hydrogen) atoms. The van der Waals surface area contributed by atoms with Gasteiger partial charge in [0.1, 0.15) is 5.82 Å². The second kappa shape index (κ2) is 9.63. The van der Waals surface area contributed by atoms with Crippen molar-refractivity contribution in [3.63, 3.8) is 0 Å². The molecule has 2 aromatic rings. The lowest BCUT2D eigenvalue weighted by molar-refractivity contribution is 0.0615. The first-order chi connectivity index (χ1) is 15.2. The van der Waals surface area contributed by atoms with Gasteiger partial charge in [0.25, 0.3) is 0 Å². The quantitative estimate of drug-likeness (QED) is 0.452. The maximum absolute atomic E-state index is 13.5. The Morgan fingerprint density at radius 1 is 0.710 bits per heavy atom. The molecule has 2 aromatic carbocycles. The van der Waals surface area contributed by atoms with Gasteiger partial charge in [0, 0.05) is 0 Å². The summed E-state index contributed by atoms with van der Waals surface area (Å²) in [6.45, 7) is 2.34. The summed E-state index contributed by atoms with van der Waals surface area (Å²) < 4.78 is 13.5. The molecule has 1 heteroatoms. The van der Waals surface area contributed by atoms with Crippen LogP contribution in [-0.2, 0) is 0 Å². The molecule has 168 valence electrons. The second-order valence-electron chi connectivity index (χ2n) is 11.3. The maximum atomic E-state index is 13.5. The zero-order chi connectivity index (χ0) is 21.2. The zero-order valence-electron chi connectivity index (χ0n) is 19.5. The van der Waals surface area contributed by atoms with Gasteiger partial charge in [0.15, 0.2) is 0 Å². The molecule has 4 unspecified atom stereocenters. The number of halogens is 1. The maximum Gasteiger partial charge on any atom is 0.123 e. The minimum Gasteiger partial charge on any atom is -0.207 e. The average Bonchev–Trinajstić information content (AvgIpc) is 2.82. The minimum absolute atomic E-state index is 0.134. The van der Waals surface area contributed by atoms with Gasteiger partial charge in [-0.3, -0.25) is 0 Å². The molecule has 0 aliphatic heterocycles. The molecule has 0 amide bonds. The number of benzene rings is 2. The van der Waals surface area contributed by atoms with Gasteiger partial charge in [-0.25, -0.2) is 4.39 Å². The molecule has 3 fully saturated rings. The highest BCUT2D eigenvalue weighted by Crippen LogP contribution is 2.50. The van der Waals surface area contributed by atoms with Crippen LogP contribution in [0.1, 0.15) is 102 Å². The molecular formula is C30H41F. The fraction of sp³-hybridized carbons (Fsp3) is 0.667. The molecule has 0 spiro atoms. The molecule has 3 saturated carbocycles. The molecule has 0 aromatic heterocycles. The van der Waals surface area contributed by atoms with E-state index in [4.69, 9.17) is 0 Å². The Bertz CT molecular complexity index is 862. The topological polar surface area (TPSA) is 0 Å². The van der Waals surface area contributed by atoms with Crippen LogP contribution in [0.5, 0.6) is 0 Å². The first-order valence-electron chi connectivity index (χ1n) is 13.4. The summed E-state index contributed by atoms with van der Waals surface area (Å²) in [7, 11) is 0. The highest BCUT2D eigenvalue weighted by atomic mass is 19.1. The molecule has 0 bridgehead atoms. The Kier molecular flexibility index (Phi) is 6.67. The smallest absolute Gasteiger partial charge is 0.123 e. The van der Waals surface area contributed by atoms with Crippen LogP contribution in [0.15, 0.2) is 36.4 Å². The molecule has 0 nitrogen and oxygen atoms in total. The van der Waals surface area contributed by atoms with E-state index in [2.05, 4.69) is 25.1 Å². The fourth-order valence-electron chi connectivity index (χ4n) is 7.62. The predicted octanol–water partition coefficient (Wildman–Crippen LogP) is 9.28. The van der Waals surface area contributed by atoms with Crippen LogP contribution in [0.25, 0.3) is 10.8 Å². The highest BCUT2D eigenvalue weighted by molar-refractivity contribution is 5.83. The van der Waals surface area contributed by atoms with Crippen molar-refractivity contribution >= 4 is 10.8 Å². The molecule has 3 aliphatic rings. The van der Waals surface area contributed by atoms with E-state index in [9.17, 15) is 4.39 Å². The summed E-state index contributed by atoms with van der Waals surface area (Å²) in [6.07, 6.45) is 19.0. The summed E-state index contributed by atoms with van der Waals surface area (Å²) in [4.78, 5) is 0. The Balaban J connectivity index is 1.14. The van der Waals surface area contributed by atoms with Crippen LogP contribution in [0.4, 0.5) is 4.39 Å². The van der Waals surface area contributed by atoms with Crippen molar-refractivity contribution in [2.75, 3.05) is 0 Å². The second-order valence-corrected chi connectivity index (χ2v) is 11.3. The zero-order valence-corrected chi connectivity index (χ0v) is 19.5. The third-order valence-electron chi connectivity index (χ3n) is 9.46. The minimum atomic E-state index is -0.134. The van der Waals surface area contributed by atoms with E-state index in [-0.39, 0.29) is 5.82 Å². The van der Waals surface area contributed by atoms with Crippen molar-refractivity contribution < 1.29 is 4.39 Å². The van der Waals surface area contributed by atoms with Crippen LogP contribution in [0.3, 0.4) is 0 Å². The molecule has 0 heterocycles. The summed E-state index contributed by atoms with van der Waals surface area (Å²) in [6, 6.07) is 11.9. The molecule has 0 saturated heterocycles. The lowest BCUT2D eigenvalue weighted by atomic mass is 9.60. The van der Waals surface area contributed by atoms with E-state index in [0.29, 0.717) is 5.92 Å². The lowest BCUT2D eigenvalue weighted by Gasteiger charge is -2.45. The van der Waals surface area contributed by atoms with Gasteiger partial charge in [-0.1, -0.05) is 56.9 Å². The average molecular weight is 421 g/mol. The van der Waals surface area contributed by atoms with E-state index in [1.54, 1.807) is 25.0 Å². The van der Waals surface area contributed by atoms with Gasteiger partial charge < -0.3 is 0 Å². The van der Waals surface area contributed by atoms with Crippen LogP contribution < -0.4 is 0 Å². The van der Waals surface area contributed by atoms with E-state index >= 15 is 0 Å². The number of hydrogen-bond acceptors (Lipinski definition) is 0. The normalized spacial score (nSPS) is 33.9. The lowest BCUT2D eigenvalue weighted by Crippen LogP contribution is -2.34. The van der Waals surface area contributed by atoms with Gasteiger partial charge in [0.05, 0.1) is 0 Å². The summed E-state index contributed by atoms with van der Waals surface area (Å²) >= 11 is 0. The van der Waals surface area contributed by atoms with Crippen LogP contribution in [-0.4, -0.2) is 0 Å². The van der Waals surface area contributed by atoms with Crippen molar-refractivity contribution in [2.45, 2.75) is 96.3 Å². The third kappa shape index (κ3) is 4.86. The predicted molar refractivity (Wildman–Crippen MR) is 130 cm³/mol. The van der Waals surface area contributed by atoms with Crippen LogP contribution in [0, 0.1) is 35.4 Å². The Hall–Kier alpha value is -1.37. The van der Waals surface area contributed by atoms with Crippen molar-refractivity contribution in [1.29, 1.82) is 0 Å². The number of hydrogen-bond donors (Lipinski definition) is 0. The van der Waals surface area contributed by atoms with Crippen LogP contribution >= 0.6 is 0 Å². The summed E-state index contributed by atoms with van der Waals surface area (Å²) in [5.74, 6) is 5.71. The van der Waals surface area contributed by atoms with Gasteiger partial charge in [-0.05, 0) is 122 Å². The van der Waals surface area contributed by atoms with Gasteiger partial charge in [0.2, 0.25) is 0 Å². The van der Waals surface area contributed by atoms with Crippen molar-refractivity contribution in [3.8, 4) is 0 Å². The Labute approximate surface area is 189 Å². The number of fused-ring (bicyclic) bond motifs is 2. The Morgan fingerprint density at radius 2 is 1.35 bits per heavy atom. The third-order valence-corrected chi connectivity index (χ3v) is 9.46. The summed E-state index contributed by atoms with van der Waals surface area (Å²) in [5.41, 5.74) is 1.48. The van der Waals surface area contributed by atoms with Crippen molar-refractivity contribution in [3.05, 3.63) is 47.8 Å². The SMILES string of the molecule is CCCCC1CCC2CC(C3CCC(c4ccc5cc(F)ccc5c4)CC3)CCC2C1. The van der Waals surface area contributed by atoms with Gasteiger partial charge in [-0.2, -0.15) is 0 Å². The van der Waals surface area contributed by atoms with Crippen molar-refractivity contribution in [2.24, 2.45) is 29.6 Å². The first kappa shape index (κ1) is 21.5. The monoisotopic (exact) mass is 420 g/mol. The van der Waals surface area contributed by atoms with E-state index in [0.717, 1.165) is 35.0 Å². The molecular weight excluding hydrogens is 379 g/mol. The molecule has 0 N–H and O–H groups in total. The fourth-order valence-corrected chi connectivity index (χ4v) is 7.62. The van der Waals surface area contributed by atoms with Crippen LogP contribution in [0.2, 0.25) is 0 Å². The molecule has 0 radical (unpaired) electrons. The molecule has 3 aliphatic carbocycles. The highest BCUT2D eigenvalue weighted by Gasteiger charge is 2.38. The molecule has 4 atom stereocenters. The summed E-state index contributed by atoms with van der Waals surface area (Å²) in [5, 5.41) is 2.22. The Morgan fingerprint density at radius 3 is 2.16 bits per heavy atom. The number of unbranched alkanes of at least 4 members (excludes halogenated alkanes) is 1. The number of rotatable bonds is 5. The van der Waals surface area contributed by atoms with Gasteiger partial charge in [-0.15, -0.1) is 0 Å². The van der Waals surface area contributed by atoms with E-state index in [1.165, 1.54) is 81.6 Å². The van der Waals surface area contributed by atoms with E-state index < -0.39 is 0 Å². The molecule has 5 rings (SSSR count). The first-order valence-corrected chi connectivity index (χ1v) is 13.4. The largest absolute Gasteiger partial charge is 0.207 e.